The SMILES string of the molecule is CCOC(=O)C(F)CC=O. The van der Waals surface area contributed by atoms with E-state index < -0.39 is 18.6 Å². The summed E-state index contributed by atoms with van der Waals surface area (Å²) >= 11 is 0. The molecule has 0 fully saturated rings. The van der Waals surface area contributed by atoms with Crippen molar-refractivity contribution in [3.63, 3.8) is 0 Å². The first-order chi connectivity index (χ1) is 4.72. The molecule has 0 aliphatic carbocycles. The molecule has 0 radical (unpaired) electrons. The van der Waals surface area contributed by atoms with E-state index in [1.165, 1.54) is 0 Å². The molecule has 0 heterocycles. The van der Waals surface area contributed by atoms with E-state index >= 15 is 0 Å². The molecule has 0 aromatic rings. The lowest BCUT2D eigenvalue weighted by atomic mass is 10.3. The number of carbonyl (C=O) groups excluding carboxylic acids is 2. The van der Waals surface area contributed by atoms with Gasteiger partial charge in [-0.15, -0.1) is 0 Å². The smallest absolute Gasteiger partial charge is 0.341 e. The fourth-order valence-electron chi connectivity index (χ4n) is 0.413. The highest BCUT2D eigenvalue weighted by atomic mass is 19.1. The highest BCUT2D eigenvalue weighted by molar-refractivity contribution is 5.77. The fraction of sp³-hybridized carbons (Fsp3) is 0.667. The third-order valence-corrected chi connectivity index (χ3v) is 0.846. The van der Waals surface area contributed by atoms with Crippen molar-refractivity contribution >= 4 is 12.3 Å². The third kappa shape index (κ3) is 3.17. The van der Waals surface area contributed by atoms with Crippen molar-refractivity contribution in [1.82, 2.24) is 0 Å². The molecule has 4 heteroatoms. The lowest BCUT2D eigenvalue weighted by Crippen LogP contribution is -2.18. The van der Waals surface area contributed by atoms with Crippen LogP contribution in [-0.2, 0) is 14.3 Å². The lowest BCUT2D eigenvalue weighted by molar-refractivity contribution is -0.149. The number of hydrogen-bond acceptors (Lipinski definition) is 3. The average molecular weight is 148 g/mol. The second-order valence-electron chi connectivity index (χ2n) is 1.62. The van der Waals surface area contributed by atoms with Gasteiger partial charge in [-0.3, -0.25) is 0 Å². The van der Waals surface area contributed by atoms with Gasteiger partial charge in [0.25, 0.3) is 0 Å². The Kier molecular flexibility index (Phi) is 4.45. The molecule has 3 nitrogen and oxygen atoms in total. The lowest BCUT2D eigenvalue weighted by Gasteiger charge is -2.02. The van der Waals surface area contributed by atoms with Crippen LogP contribution in [-0.4, -0.2) is 25.0 Å². The van der Waals surface area contributed by atoms with E-state index in [1.54, 1.807) is 6.92 Å². The molecule has 0 N–H and O–H groups in total. The molecule has 1 atom stereocenters. The van der Waals surface area contributed by atoms with Gasteiger partial charge in [0.05, 0.1) is 6.61 Å². The Bertz CT molecular complexity index is 124. The fourth-order valence-corrected chi connectivity index (χ4v) is 0.413. The number of esters is 1. The molecule has 10 heavy (non-hydrogen) atoms. The molecule has 0 rings (SSSR count). The quantitative estimate of drug-likeness (QED) is 0.430. The monoisotopic (exact) mass is 148 g/mol. The summed E-state index contributed by atoms with van der Waals surface area (Å²) < 4.78 is 16.6. The van der Waals surface area contributed by atoms with Crippen LogP contribution in [0.4, 0.5) is 4.39 Å². The summed E-state index contributed by atoms with van der Waals surface area (Å²) in [5, 5.41) is 0. The Morgan fingerprint density at radius 3 is 2.80 bits per heavy atom. The van der Waals surface area contributed by atoms with E-state index in [0.717, 1.165) is 0 Å². The van der Waals surface area contributed by atoms with Gasteiger partial charge in [-0.1, -0.05) is 0 Å². The van der Waals surface area contributed by atoms with E-state index in [9.17, 15) is 14.0 Å². The minimum Gasteiger partial charge on any atom is -0.464 e. The maximum atomic E-state index is 12.3. The summed E-state index contributed by atoms with van der Waals surface area (Å²) in [7, 11) is 0. The van der Waals surface area contributed by atoms with Gasteiger partial charge in [0, 0.05) is 6.42 Å². The molecule has 0 aromatic carbocycles. The van der Waals surface area contributed by atoms with Crippen LogP contribution < -0.4 is 0 Å². The normalized spacial score (nSPS) is 12.2. The molecule has 0 saturated carbocycles. The Hall–Kier alpha value is -0.930. The molecule has 0 saturated heterocycles. The highest BCUT2D eigenvalue weighted by Gasteiger charge is 2.16. The zero-order chi connectivity index (χ0) is 7.98. The largest absolute Gasteiger partial charge is 0.464 e. The van der Waals surface area contributed by atoms with Crippen LogP contribution in [0.5, 0.6) is 0 Å². The zero-order valence-corrected chi connectivity index (χ0v) is 5.67. The molecule has 1 unspecified atom stereocenters. The summed E-state index contributed by atoms with van der Waals surface area (Å²) in [6.45, 7) is 1.71. The summed E-state index contributed by atoms with van der Waals surface area (Å²) in [6.07, 6.45) is -1.86. The molecule has 0 aliphatic rings. The molecular formula is C6H9FO3. The third-order valence-electron chi connectivity index (χ3n) is 0.846. The maximum Gasteiger partial charge on any atom is 0.341 e. The Morgan fingerprint density at radius 2 is 2.40 bits per heavy atom. The van der Waals surface area contributed by atoms with Gasteiger partial charge >= 0.3 is 5.97 Å². The van der Waals surface area contributed by atoms with Gasteiger partial charge < -0.3 is 9.53 Å². The first-order valence-electron chi connectivity index (χ1n) is 2.96. The van der Waals surface area contributed by atoms with Crippen LogP contribution >= 0.6 is 0 Å². The predicted molar refractivity (Wildman–Crippen MR) is 32.2 cm³/mol. The molecule has 0 bridgehead atoms. The first-order valence-corrected chi connectivity index (χ1v) is 2.96. The van der Waals surface area contributed by atoms with Crippen molar-refractivity contribution in [2.45, 2.75) is 19.5 Å². The highest BCUT2D eigenvalue weighted by Crippen LogP contribution is 1.97. The van der Waals surface area contributed by atoms with E-state index in [1.807, 2.05) is 0 Å². The van der Waals surface area contributed by atoms with Crippen LogP contribution in [0.25, 0.3) is 0 Å². The van der Waals surface area contributed by atoms with E-state index in [2.05, 4.69) is 4.74 Å². The summed E-state index contributed by atoms with van der Waals surface area (Å²) in [4.78, 5) is 20.1. The van der Waals surface area contributed by atoms with Crippen molar-refractivity contribution in [1.29, 1.82) is 0 Å². The number of ether oxygens (including phenoxy) is 1. The van der Waals surface area contributed by atoms with Crippen molar-refractivity contribution in [2.75, 3.05) is 6.61 Å². The summed E-state index contributed by atoms with van der Waals surface area (Å²) in [6, 6.07) is 0. The van der Waals surface area contributed by atoms with Crippen molar-refractivity contribution in [3.8, 4) is 0 Å². The maximum absolute atomic E-state index is 12.3. The topological polar surface area (TPSA) is 43.4 Å². The Balaban J connectivity index is 3.58. The van der Waals surface area contributed by atoms with Crippen LogP contribution in [0, 0.1) is 0 Å². The number of alkyl halides is 1. The molecule has 58 valence electrons. The van der Waals surface area contributed by atoms with Crippen LogP contribution in [0.2, 0.25) is 0 Å². The zero-order valence-electron chi connectivity index (χ0n) is 5.67. The van der Waals surface area contributed by atoms with Crippen LogP contribution in [0.3, 0.4) is 0 Å². The molecule has 0 amide bonds. The number of hydrogen-bond donors (Lipinski definition) is 0. The second-order valence-corrected chi connectivity index (χ2v) is 1.62. The molecule has 0 spiro atoms. The average Bonchev–Trinajstić information content (AvgIpc) is 1.89. The van der Waals surface area contributed by atoms with Gasteiger partial charge in [0.15, 0.2) is 0 Å². The molecule has 0 aromatic heterocycles. The molecular weight excluding hydrogens is 139 g/mol. The summed E-state index contributed by atoms with van der Waals surface area (Å²) in [5.41, 5.74) is 0. The van der Waals surface area contributed by atoms with Gasteiger partial charge in [-0.2, -0.15) is 0 Å². The van der Waals surface area contributed by atoms with Gasteiger partial charge in [-0.05, 0) is 6.92 Å². The minimum atomic E-state index is -1.79. The van der Waals surface area contributed by atoms with E-state index in [0.29, 0.717) is 6.29 Å². The number of aldehydes is 1. The first kappa shape index (κ1) is 9.07. The van der Waals surface area contributed by atoms with Crippen LogP contribution in [0.1, 0.15) is 13.3 Å². The standard InChI is InChI=1S/C6H9FO3/c1-2-10-6(9)5(7)3-4-8/h4-5H,2-3H2,1H3. The van der Waals surface area contributed by atoms with Gasteiger partial charge in [0.2, 0.25) is 6.17 Å². The number of halogens is 1. The molecule has 0 aliphatic heterocycles. The Morgan fingerprint density at radius 1 is 1.80 bits per heavy atom. The van der Waals surface area contributed by atoms with Gasteiger partial charge in [-0.25, -0.2) is 9.18 Å². The second kappa shape index (κ2) is 4.90. The predicted octanol–water partition coefficient (Wildman–Crippen LogP) is 0.477. The van der Waals surface area contributed by atoms with Gasteiger partial charge in [0.1, 0.15) is 6.29 Å². The summed E-state index contributed by atoms with van der Waals surface area (Å²) in [5.74, 6) is -0.963. The van der Waals surface area contributed by atoms with E-state index in [-0.39, 0.29) is 6.61 Å². The van der Waals surface area contributed by atoms with Crippen molar-refractivity contribution < 1.29 is 18.7 Å². The Labute approximate surface area is 58.2 Å². The number of rotatable bonds is 4. The van der Waals surface area contributed by atoms with Crippen molar-refractivity contribution in [3.05, 3.63) is 0 Å². The van der Waals surface area contributed by atoms with Crippen molar-refractivity contribution in [2.24, 2.45) is 0 Å². The van der Waals surface area contributed by atoms with E-state index in [4.69, 9.17) is 0 Å². The minimum absolute atomic E-state index is 0.137. The van der Waals surface area contributed by atoms with Crippen LogP contribution in [0.15, 0.2) is 0 Å². The number of carbonyl (C=O) groups is 2.